The number of hydrogen-bond donors (Lipinski definition) is 0. The van der Waals surface area contributed by atoms with Crippen molar-refractivity contribution in [3.05, 3.63) is 21.6 Å². The molecule has 0 atom stereocenters. The van der Waals surface area contributed by atoms with E-state index in [2.05, 4.69) is 11.9 Å². The molecule has 8 nitrogen and oxygen atoms in total. The Morgan fingerprint density at radius 2 is 1.83 bits per heavy atom. The Balaban J connectivity index is 1.69. The van der Waals surface area contributed by atoms with Crippen molar-refractivity contribution in [2.45, 2.75) is 57.4 Å². The van der Waals surface area contributed by atoms with E-state index >= 15 is 0 Å². The number of likely N-dealkylation sites (tertiary alicyclic amines) is 1. The van der Waals surface area contributed by atoms with E-state index in [0.717, 1.165) is 32.1 Å². The maximum atomic E-state index is 13.3. The standard InChI is InChI=1S/C20H28N4O4S2/c1-14-6-10-22(11-7-14)16(25)12-23-13-21-19-17(20(23)26)18(15(2)29-19)30(27,28)24-8-4-3-5-9-24/h13-14H,3-12H2,1-2H3. The molecule has 0 N–H and O–H groups in total. The number of amides is 1. The van der Waals surface area contributed by atoms with Gasteiger partial charge in [0.05, 0.1) is 11.7 Å². The molecule has 164 valence electrons. The first-order valence-corrected chi connectivity index (χ1v) is 12.8. The van der Waals surface area contributed by atoms with Crippen LogP contribution in [0.1, 0.15) is 43.9 Å². The number of rotatable bonds is 4. The summed E-state index contributed by atoms with van der Waals surface area (Å²) in [6, 6.07) is 0. The first-order valence-electron chi connectivity index (χ1n) is 10.6. The number of aromatic nitrogens is 2. The molecule has 2 aromatic rings. The number of nitrogens with zero attached hydrogens (tertiary/aromatic N) is 4. The number of carbonyl (C=O) groups excluding carboxylic acids is 1. The summed E-state index contributed by atoms with van der Waals surface area (Å²) in [6.07, 6.45) is 5.95. The zero-order valence-electron chi connectivity index (χ0n) is 17.5. The predicted octanol–water partition coefficient (Wildman–Crippen LogP) is 2.20. The highest BCUT2D eigenvalue weighted by molar-refractivity contribution is 7.89. The molecule has 30 heavy (non-hydrogen) atoms. The molecule has 0 spiro atoms. The van der Waals surface area contributed by atoms with E-state index in [-0.39, 0.29) is 22.7 Å². The fraction of sp³-hybridized carbons (Fsp3) is 0.650. The number of piperidine rings is 2. The van der Waals surface area contributed by atoms with Gasteiger partial charge in [-0.3, -0.25) is 14.2 Å². The molecule has 2 aliphatic heterocycles. The lowest BCUT2D eigenvalue weighted by atomic mass is 9.99. The largest absolute Gasteiger partial charge is 0.341 e. The number of fused-ring (bicyclic) bond motifs is 1. The van der Waals surface area contributed by atoms with E-state index < -0.39 is 15.6 Å². The van der Waals surface area contributed by atoms with Gasteiger partial charge in [0.15, 0.2) is 0 Å². The van der Waals surface area contributed by atoms with E-state index in [9.17, 15) is 18.0 Å². The second kappa shape index (κ2) is 8.39. The lowest BCUT2D eigenvalue weighted by Crippen LogP contribution is -2.41. The third-order valence-electron chi connectivity index (χ3n) is 6.15. The minimum absolute atomic E-state index is 0.0653. The molecule has 0 radical (unpaired) electrons. The van der Waals surface area contributed by atoms with Crippen LogP contribution < -0.4 is 5.56 Å². The number of hydrogen-bond acceptors (Lipinski definition) is 6. The van der Waals surface area contributed by atoms with Gasteiger partial charge in [0.2, 0.25) is 15.9 Å². The third-order valence-corrected chi connectivity index (χ3v) is 9.37. The summed E-state index contributed by atoms with van der Waals surface area (Å²) in [5.74, 6) is 0.476. The number of carbonyl (C=O) groups is 1. The molecular formula is C20H28N4O4S2. The van der Waals surface area contributed by atoms with Gasteiger partial charge >= 0.3 is 0 Å². The maximum Gasteiger partial charge on any atom is 0.263 e. The highest BCUT2D eigenvalue weighted by atomic mass is 32.2. The van der Waals surface area contributed by atoms with Crippen LogP contribution in [0.25, 0.3) is 10.2 Å². The second-order valence-corrected chi connectivity index (χ2v) is 11.5. The van der Waals surface area contributed by atoms with Gasteiger partial charge in [0.25, 0.3) is 5.56 Å². The van der Waals surface area contributed by atoms with Gasteiger partial charge in [-0.05, 0) is 38.5 Å². The van der Waals surface area contributed by atoms with Crippen LogP contribution in [0.5, 0.6) is 0 Å². The lowest BCUT2D eigenvalue weighted by Gasteiger charge is -2.30. The first kappa shape index (κ1) is 21.5. The van der Waals surface area contributed by atoms with Crippen LogP contribution in [0.3, 0.4) is 0 Å². The molecule has 0 aromatic carbocycles. The van der Waals surface area contributed by atoms with Crippen LogP contribution in [0.2, 0.25) is 0 Å². The van der Waals surface area contributed by atoms with Gasteiger partial charge in [-0.25, -0.2) is 13.4 Å². The van der Waals surface area contributed by atoms with Gasteiger partial charge in [0, 0.05) is 31.1 Å². The van der Waals surface area contributed by atoms with Gasteiger partial charge in [-0.2, -0.15) is 4.31 Å². The first-order chi connectivity index (χ1) is 14.3. The second-order valence-electron chi connectivity index (χ2n) is 8.37. The van der Waals surface area contributed by atoms with Gasteiger partial charge < -0.3 is 4.90 Å². The number of thiophene rings is 1. The maximum absolute atomic E-state index is 13.3. The summed E-state index contributed by atoms with van der Waals surface area (Å²) in [6.45, 7) is 6.10. The molecular weight excluding hydrogens is 424 g/mol. The van der Waals surface area contributed by atoms with Crippen molar-refractivity contribution >= 4 is 37.5 Å². The lowest BCUT2D eigenvalue weighted by molar-refractivity contribution is -0.133. The average Bonchev–Trinajstić information content (AvgIpc) is 3.08. The Bertz CT molecular complexity index is 1110. The van der Waals surface area contributed by atoms with Crippen molar-refractivity contribution < 1.29 is 13.2 Å². The van der Waals surface area contributed by atoms with Crippen molar-refractivity contribution in [2.75, 3.05) is 26.2 Å². The molecule has 2 saturated heterocycles. The molecule has 0 saturated carbocycles. The summed E-state index contributed by atoms with van der Waals surface area (Å²) < 4.78 is 29.4. The zero-order chi connectivity index (χ0) is 21.5. The molecule has 2 fully saturated rings. The monoisotopic (exact) mass is 452 g/mol. The van der Waals surface area contributed by atoms with Gasteiger partial charge in [-0.15, -0.1) is 11.3 Å². The Hall–Kier alpha value is -1.78. The van der Waals surface area contributed by atoms with Crippen LogP contribution in [-0.2, 0) is 21.4 Å². The van der Waals surface area contributed by atoms with Gasteiger partial charge in [-0.1, -0.05) is 13.3 Å². The van der Waals surface area contributed by atoms with E-state index in [1.54, 1.807) is 11.8 Å². The Kier molecular flexibility index (Phi) is 6.00. The van der Waals surface area contributed by atoms with E-state index in [1.807, 2.05) is 0 Å². The third kappa shape index (κ3) is 3.92. The SMILES string of the molecule is Cc1sc2ncn(CC(=O)N3CCC(C)CC3)c(=O)c2c1S(=O)(=O)N1CCCCC1. The van der Waals surface area contributed by atoms with E-state index in [4.69, 9.17) is 0 Å². The molecule has 1 amide bonds. The summed E-state index contributed by atoms with van der Waals surface area (Å²) in [5, 5.41) is 0.116. The number of sulfonamides is 1. The molecule has 0 aliphatic carbocycles. The predicted molar refractivity (Wildman–Crippen MR) is 116 cm³/mol. The average molecular weight is 453 g/mol. The fourth-order valence-corrected chi connectivity index (χ4v) is 7.46. The highest BCUT2D eigenvalue weighted by Crippen LogP contribution is 2.33. The van der Waals surface area contributed by atoms with Crippen LogP contribution in [-0.4, -0.2) is 59.3 Å². The highest BCUT2D eigenvalue weighted by Gasteiger charge is 2.32. The minimum atomic E-state index is -3.78. The molecule has 2 aliphatic rings. The van der Waals surface area contributed by atoms with Crippen LogP contribution in [0.4, 0.5) is 0 Å². The van der Waals surface area contributed by atoms with Crippen molar-refractivity contribution in [3.63, 3.8) is 0 Å². The molecule has 2 aromatic heterocycles. The van der Waals surface area contributed by atoms with Crippen molar-refractivity contribution in [1.82, 2.24) is 18.8 Å². The molecule has 4 heterocycles. The Morgan fingerprint density at radius 1 is 1.17 bits per heavy atom. The van der Waals surface area contributed by atoms with Crippen molar-refractivity contribution in [2.24, 2.45) is 5.92 Å². The van der Waals surface area contributed by atoms with Gasteiger partial charge in [0.1, 0.15) is 16.3 Å². The molecule has 10 heteroatoms. The molecule has 4 rings (SSSR count). The fourth-order valence-electron chi connectivity index (χ4n) is 4.27. The zero-order valence-corrected chi connectivity index (χ0v) is 19.1. The smallest absolute Gasteiger partial charge is 0.263 e. The molecule has 0 unspecified atom stereocenters. The summed E-state index contributed by atoms with van der Waals surface area (Å²) >= 11 is 1.21. The Labute approximate surface area is 180 Å². The summed E-state index contributed by atoms with van der Waals surface area (Å²) in [7, 11) is -3.78. The van der Waals surface area contributed by atoms with Crippen LogP contribution in [0, 0.1) is 12.8 Å². The van der Waals surface area contributed by atoms with Crippen molar-refractivity contribution in [3.8, 4) is 0 Å². The normalized spacial score (nSPS) is 19.5. The topological polar surface area (TPSA) is 92.6 Å². The minimum Gasteiger partial charge on any atom is -0.341 e. The summed E-state index contributed by atoms with van der Waals surface area (Å²) in [4.78, 5) is 33.1. The van der Waals surface area contributed by atoms with Crippen LogP contribution in [0.15, 0.2) is 16.0 Å². The van der Waals surface area contributed by atoms with E-state index in [1.165, 1.54) is 26.5 Å². The summed E-state index contributed by atoms with van der Waals surface area (Å²) in [5.41, 5.74) is -0.460. The quantitative estimate of drug-likeness (QED) is 0.709. The molecule has 0 bridgehead atoms. The number of aryl methyl sites for hydroxylation is 1. The van der Waals surface area contributed by atoms with E-state index in [0.29, 0.717) is 41.8 Å². The van der Waals surface area contributed by atoms with Crippen LogP contribution >= 0.6 is 11.3 Å². The Morgan fingerprint density at radius 3 is 2.50 bits per heavy atom. The van der Waals surface area contributed by atoms with Crippen molar-refractivity contribution in [1.29, 1.82) is 0 Å².